The molecular formula is C20H19N3OS. The summed E-state index contributed by atoms with van der Waals surface area (Å²) in [6.07, 6.45) is 1.38. The van der Waals surface area contributed by atoms with Crippen molar-refractivity contribution >= 4 is 28.6 Å². The van der Waals surface area contributed by atoms with Gasteiger partial charge in [-0.1, -0.05) is 30.3 Å². The number of anilines is 2. The van der Waals surface area contributed by atoms with Crippen molar-refractivity contribution < 1.29 is 4.79 Å². The molecule has 25 heavy (non-hydrogen) atoms. The fourth-order valence-corrected chi connectivity index (χ4v) is 3.68. The Balaban J connectivity index is 1.37. The molecule has 5 heteroatoms. The lowest BCUT2D eigenvalue weighted by molar-refractivity contribution is -0.117. The second kappa shape index (κ2) is 7.07. The number of hydrogen-bond acceptors (Lipinski definition) is 4. The summed E-state index contributed by atoms with van der Waals surface area (Å²) in [5.41, 5.74) is 7.27. The van der Waals surface area contributed by atoms with Gasteiger partial charge in [-0.2, -0.15) is 0 Å². The van der Waals surface area contributed by atoms with E-state index >= 15 is 0 Å². The lowest BCUT2D eigenvalue weighted by Gasteiger charge is -2.17. The Labute approximate surface area is 151 Å². The molecule has 0 spiro atoms. The molecule has 0 unspecified atom stereocenters. The zero-order valence-electron chi connectivity index (χ0n) is 13.8. The normalized spacial score (nSPS) is 12.9. The molecular weight excluding hydrogens is 330 g/mol. The van der Waals surface area contributed by atoms with Gasteiger partial charge in [0.25, 0.3) is 0 Å². The topological polar surface area (TPSA) is 45.2 Å². The number of nitrogens with one attached hydrogen (secondary N) is 1. The number of thiazole rings is 1. The van der Waals surface area contributed by atoms with Crippen LogP contribution in [0.25, 0.3) is 0 Å². The van der Waals surface area contributed by atoms with E-state index in [9.17, 15) is 4.79 Å². The number of carbonyl (C=O) groups is 1. The molecule has 0 bridgehead atoms. The Kier molecular flexibility index (Phi) is 4.48. The van der Waals surface area contributed by atoms with Gasteiger partial charge in [-0.15, -0.1) is 11.3 Å². The van der Waals surface area contributed by atoms with Crippen LogP contribution >= 0.6 is 11.3 Å². The average molecular weight is 349 g/mol. The summed E-state index contributed by atoms with van der Waals surface area (Å²) < 4.78 is 0. The molecule has 0 saturated heterocycles. The van der Waals surface area contributed by atoms with E-state index < -0.39 is 0 Å². The molecule has 0 radical (unpaired) electrons. The monoisotopic (exact) mass is 349 g/mol. The third-order valence-corrected chi connectivity index (χ3v) is 5.09. The SMILES string of the molecule is O=C(Cc1ccc(NCc2cscn2)cc1)N1CCc2ccccc21. The van der Waals surface area contributed by atoms with Crippen LogP contribution in [0, 0.1) is 0 Å². The van der Waals surface area contributed by atoms with Crippen LogP contribution in [0.2, 0.25) is 0 Å². The van der Waals surface area contributed by atoms with Gasteiger partial charge in [-0.25, -0.2) is 4.98 Å². The molecule has 1 aliphatic rings. The van der Waals surface area contributed by atoms with Gasteiger partial charge in [0.15, 0.2) is 0 Å². The molecule has 2 heterocycles. The Morgan fingerprint density at radius 1 is 1.16 bits per heavy atom. The number of benzene rings is 2. The van der Waals surface area contributed by atoms with E-state index in [2.05, 4.69) is 16.4 Å². The molecule has 126 valence electrons. The second-order valence-electron chi connectivity index (χ2n) is 6.13. The van der Waals surface area contributed by atoms with E-state index in [1.54, 1.807) is 11.3 Å². The summed E-state index contributed by atoms with van der Waals surface area (Å²) >= 11 is 1.60. The largest absolute Gasteiger partial charge is 0.379 e. The van der Waals surface area contributed by atoms with Gasteiger partial charge in [0.05, 0.1) is 24.2 Å². The van der Waals surface area contributed by atoms with E-state index in [4.69, 9.17) is 0 Å². The number of para-hydroxylation sites is 1. The number of nitrogens with zero attached hydrogens (tertiary/aromatic N) is 2. The summed E-state index contributed by atoms with van der Waals surface area (Å²) in [5, 5.41) is 5.38. The highest BCUT2D eigenvalue weighted by Gasteiger charge is 2.23. The van der Waals surface area contributed by atoms with Gasteiger partial charge in [-0.05, 0) is 35.7 Å². The van der Waals surface area contributed by atoms with Crippen molar-refractivity contribution in [1.29, 1.82) is 0 Å². The minimum Gasteiger partial charge on any atom is -0.379 e. The third kappa shape index (κ3) is 3.56. The van der Waals surface area contributed by atoms with Crippen molar-refractivity contribution in [2.75, 3.05) is 16.8 Å². The predicted molar refractivity (Wildman–Crippen MR) is 102 cm³/mol. The van der Waals surface area contributed by atoms with Crippen LogP contribution in [0.1, 0.15) is 16.8 Å². The fraction of sp³-hybridized carbons (Fsp3) is 0.200. The first-order chi connectivity index (χ1) is 12.3. The molecule has 1 aliphatic heterocycles. The maximum Gasteiger partial charge on any atom is 0.231 e. The van der Waals surface area contributed by atoms with E-state index in [0.29, 0.717) is 13.0 Å². The summed E-state index contributed by atoms with van der Waals surface area (Å²) in [6.45, 7) is 1.50. The molecule has 0 atom stereocenters. The minimum atomic E-state index is 0.160. The first-order valence-electron chi connectivity index (χ1n) is 8.38. The molecule has 1 N–H and O–H groups in total. The molecule has 2 aromatic carbocycles. The average Bonchev–Trinajstić information content (AvgIpc) is 3.31. The van der Waals surface area contributed by atoms with E-state index in [1.807, 2.05) is 58.3 Å². The number of amides is 1. The maximum atomic E-state index is 12.6. The van der Waals surface area contributed by atoms with E-state index in [-0.39, 0.29) is 5.91 Å². The van der Waals surface area contributed by atoms with Gasteiger partial charge in [-0.3, -0.25) is 4.79 Å². The molecule has 0 fully saturated rings. The minimum absolute atomic E-state index is 0.160. The first-order valence-corrected chi connectivity index (χ1v) is 9.32. The predicted octanol–water partition coefficient (Wildman–Crippen LogP) is 3.89. The number of hydrogen-bond donors (Lipinski definition) is 1. The third-order valence-electron chi connectivity index (χ3n) is 4.45. The maximum absolute atomic E-state index is 12.6. The zero-order chi connectivity index (χ0) is 17.1. The number of aromatic nitrogens is 1. The highest BCUT2D eigenvalue weighted by atomic mass is 32.1. The molecule has 3 aromatic rings. The van der Waals surface area contributed by atoms with Crippen LogP contribution < -0.4 is 10.2 Å². The van der Waals surface area contributed by atoms with Gasteiger partial charge >= 0.3 is 0 Å². The first kappa shape index (κ1) is 15.8. The van der Waals surface area contributed by atoms with E-state index in [0.717, 1.165) is 35.6 Å². The Morgan fingerprint density at radius 3 is 2.80 bits per heavy atom. The Hall–Kier alpha value is -2.66. The van der Waals surface area contributed by atoms with Crippen LogP contribution in [0.3, 0.4) is 0 Å². The van der Waals surface area contributed by atoms with Crippen LogP contribution in [0.15, 0.2) is 59.4 Å². The summed E-state index contributed by atoms with van der Waals surface area (Å²) in [7, 11) is 0. The van der Waals surface area contributed by atoms with Crippen molar-refractivity contribution in [3.63, 3.8) is 0 Å². The molecule has 0 saturated carbocycles. The van der Waals surface area contributed by atoms with Gasteiger partial charge in [0.1, 0.15) is 0 Å². The number of carbonyl (C=O) groups excluding carboxylic acids is 1. The van der Waals surface area contributed by atoms with Gasteiger partial charge in [0.2, 0.25) is 5.91 Å². The van der Waals surface area contributed by atoms with Crippen LogP contribution in [-0.2, 0) is 24.2 Å². The van der Waals surface area contributed by atoms with Crippen molar-refractivity contribution in [3.8, 4) is 0 Å². The molecule has 0 aliphatic carbocycles. The van der Waals surface area contributed by atoms with Gasteiger partial charge in [0, 0.05) is 23.3 Å². The smallest absolute Gasteiger partial charge is 0.231 e. The van der Waals surface area contributed by atoms with Crippen LogP contribution in [-0.4, -0.2) is 17.4 Å². The number of fused-ring (bicyclic) bond motifs is 1. The Bertz CT molecular complexity index is 859. The van der Waals surface area contributed by atoms with Crippen molar-refractivity contribution in [2.24, 2.45) is 0 Å². The van der Waals surface area contributed by atoms with Gasteiger partial charge < -0.3 is 10.2 Å². The molecule has 4 rings (SSSR count). The van der Waals surface area contributed by atoms with Crippen molar-refractivity contribution in [2.45, 2.75) is 19.4 Å². The zero-order valence-corrected chi connectivity index (χ0v) is 14.6. The van der Waals surface area contributed by atoms with Crippen molar-refractivity contribution in [1.82, 2.24) is 4.98 Å². The summed E-state index contributed by atoms with van der Waals surface area (Å²) in [5.74, 6) is 0.160. The van der Waals surface area contributed by atoms with Crippen LogP contribution in [0.5, 0.6) is 0 Å². The summed E-state index contributed by atoms with van der Waals surface area (Å²) in [4.78, 5) is 18.8. The highest BCUT2D eigenvalue weighted by Crippen LogP contribution is 2.28. The Morgan fingerprint density at radius 2 is 2.00 bits per heavy atom. The quantitative estimate of drug-likeness (QED) is 0.760. The standard InChI is InChI=1S/C20H19N3OS/c24-20(23-10-9-16-3-1-2-4-19(16)23)11-15-5-7-17(8-6-15)21-12-18-13-25-14-22-18/h1-8,13-14,21H,9-12H2. The van der Waals surface area contributed by atoms with Crippen LogP contribution in [0.4, 0.5) is 11.4 Å². The molecule has 1 amide bonds. The fourth-order valence-electron chi connectivity index (χ4n) is 3.13. The second-order valence-corrected chi connectivity index (χ2v) is 6.85. The molecule has 4 nitrogen and oxygen atoms in total. The molecule has 1 aromatic heterocycles. The lowest BCUT2D eigenvalue weighted by Crippen LogP contribution is -2.30. The number of rotatable bonds is 5. The summed E-state index contributed by atoms with van der Waals surface area (Å²) in [6, 6.07) is 16.2. The highest BCUT2D eigenvalue weighted by molar-refractivity contribution is 7.07. The van der Waals surface area contributed by atoms with Crippen molar-refractivity contribution in [3.05, 3.63) is 76.2 Å². The lowest BCUT2D eigenvalue weighted by atomic mass is 10.1. The van der Waals surface area contributed by atoms with E-state index in [1.165, 1.54) is 5.56 Å².